The summed E-state index contributed by atoms with van der Waals surface area (Å²) in [6.07, 6.45) is 0. The Morgan fingerprint density at radius 3 is 2.32 bits per heavy atom. The van der Waals surface area contributed by atoms with Crippen molar-refractivity contribution in [3.05, 3.63) is 107 Å². The third kappa shape index (κ3) is 3.09. The summed E-state index contributed by atoms with van der Waals surface area (Å²) < 4.78 is 0. The van der Waals surface area contributed by atoms with Gasteiger partial charge >= 0.3 is 0 Å². The second-order valence-electron chi connectivity index (χ2n) is 7.59. The van der Waals surface area contributed by atoms with Gasteiger partial charge in [-0.25, -0.2) is 0 Å². The van der Waals surface area contributed by atoms with Gasteiger partial charge in [0.25, 0.3) is 0 Å². The van der Waals surface area contributed by atoms with Crippen LogP contribution in [0.2, 0.25) is 0 Å². The molecule has 0 aliphatic carbocycles. The molecule has 2 unspecified atom stereocenters. The number of benzene rings is 3. The molecule has 3 aromatic rings. The van der Waals surface area contributed by atoms with Crippen LogP contribution < -0.4 is 11.1 Å². The van der Waals surface area contributed by atoms with E-state index in [0.29, 0.717) is 11.4 Å². The maximum absolute atomic E-state index is 9.16. The monoisotopic (exact) mass is 367 g/mol. The lowest BCUT2D eigenvalue weighted by Gasteiger charge is -2.37. The van der Waals surface area contributed by atoms with Crippen molar-refractivity contribution in [1.82, 2.24) is 0 Å². The van der Waals surface area contributed by atoms with Crippen LogP contribution in [0.25, 0.3) is 5.70 Å². The molecule has 0 amide bonds. The summed E-state index contributed by atoms with van der Waals surface area (Å²) in [5.41, 5.74) is 14.4. The molecule has 4 N–H and O–H groups in total. The summed E-state index contributed by atoms with van der Waals surface area (Å²) in [6, 6.07) is 22.9. The maximum Gasteiger partial charge on any atom is 0.0638 e. The van der Waals surface area contributed by atoms with Crippen molar-refractivity contribution in [2.24, 2.45) is 5.73 Å². The molecule has 140 valence electrons. The normalized spacial score (nSPS) is 18.3. The molecule has 1 aliphatic rings. The van der Waals surface area contributed by atoms with Gasteiger partial charge in [-0.2, -0.15) is 0 Å². The van der Waals surface area contributed by atoms with Crippen LogP contribution in [0.3, 0.4) is 0 Å². The predicted octanol–water partition coefficient (Wildman–Crippen LogP) is 5.55. The molecule has 0 saturated heterocycles. The Hall–Kier alpha value is -3.33. The number of hydrogen-bond donors (Lipinski definition) is 3. The third-order valence-corrected chi connectivity index (χ3v) is 5.47. The fourth-order valence-corrected chi connectivity index (χ4v) is 4.08. The predicted molar refractivity (Wildman–Crippen MR) is 118 cm³/mol. The van der Waals surface area contributed by atoms with Crippen LogP contribution >= 0.6 is 0 Å². The van der Waals surface area contributed by atoms with Gasteiger partial charge in [-0.1, -0.05) is 78.4 Å². The summed E-state index contributed by atoms with van der Waals surface area (Å²) >= 11 is 0. The van der Waals surface area contributed by atoms with E-state index < -0.39 is 0 Å². The topological polar surface area (TPSA) is 61.9 Å². The third-order valence-electron chi connectivity index (χ3n) is 5.47. The highest BCUT2D eigenvalue weighted by Gasteiger charge is 2.36. The van der Waals surface area contributed by atoms with Crippen LogP contribution in [-0.2, 0) is 0 Å². The molecule has 0 radical (unpaired) electrons. The van der Waals surface area contributed by atoms with E-state index in [2.05, 4.69) is 74.3 Å². The highest BCUT2D eigenvalue weighted by molar-refractivity contribution is 6.12. The van der Waals surface area contributed by atoms with Gasteiger partial charge in [0, 0.05) is 22.5 Å². The Morgan fingerprint density at radius 2 is 1.64 bits per heavy atom. The second-order valence-corrected chi connectivity index (χ2v) is 7.59. The second kappa shape index (κ2) is 7.01. The average Bonchev–Trinajstić information content (AvgIpc) is 2.68. The van der Waals surface area contributed by atoms with Crippen LogP contribution in [0.5, 0.6) is 0 Å². The van der Waals surface area contributed by atoms with Crippen molar-refractivity contribution in [1.29, 1.82) is 5.41 Å². The summed E-state index contributed by atoms with van der Waals surface area (Å²) in [6.45, 7) is 8.10. The van der Waals surface area contributed by atoms with E-state index in [1.807, 2.05) is 18.2 Å². The molecule has 1 heterocycles. The number of nitrogens with two attached hydrogens (primary N) is 1. The van der Waals surface area contributed by atoms with Crippen molar-refractivity contribution in [3.63, 3.8) is 0 Å². The van der Waals surface area contributed by atoms with Crippen LogP contribution in [0.15, 0.2) is 73.3 Å². The first kappa shape index (κ1) is 18.1. The van der Waals surface area contributed by atoms with E-state index in [1.165, 1.54) is 16.7 Å². The van der Waals surface area contributed by atoms with Gasteiger partial charge in [0.05, 0.1) is 17.7 Å². The van der Waals surface area contributed by atoms with Crippen LogP contribution in [-0.4, -0.2) is 5.71 Å². The molecular formula is C25H25N3. The minimum Gasteiger partial charge on any atom is -0.399 e. The maximum atomic E-state index is 9.16. The quantitative estimate of drug-likeness (QED) is 0.568. The highest BCUT2D eigenvalue weighted by atomic mass is 15.0. The summed E-state index contributed by atoms with van der Waals surface area (Å²) in [5, 5.41) is 12.8. The molecule has 28 heavy (non-hydrogen) atoms. The smallest absolute Gasteiger partial charge is 0.0638 e. The molecule has 0 spiro atoms. The van der Waals surface area contributed by atoms with Crippen molar-refractivity contribution in [2.75, 3.05) is 5.32 Å². The standard InChI is InChI=1S/C25H25N3/c1-15-10-12-18(13-11-15)25-22(19-7-4-6-16(2)14-19)24(27)23-20(17(3)26)8-5-9-21(23)28-25/h4-14,22,25,27-28H,3,26H2,1-2H3. The van der Waals surface area contributed by atoms with E-state index in [0.717, 1.165) is 22.4 Å². The van der Waals surface area contributed by atoms with E-state index >= 15 is 0 Å². The zero-order chi connectivity index (χ0) is 19.8. The molecule has 0 bridgehead atoms. The lowest BCUT2D eigenvalue weighted by atomic mass is 9.76. The largest absolute Gasteiger partial charge is 0.399 e. The molecule has 0 saturated carbocycles. The number of nitrogens with one attached hydrogen (secondary N) is 2. The number of fused-ring (bicyclic) bond motifs is 1. The van der Waals surface area contributed by atoms with E-state index in [1.54, 1.807) is 0 Å². The molecule has 0 aromatic heterocycles. The Bertz CT molecular complexity index is 1060. The first-order valence-corrected chi connectivity index (χ1v) is 9.52. The SMILES string of the molecule is C=C(N)c1cccc2c1C(=N)C(c1cccc(C)c1)C(c1ccc(C)cc1)N2. The van der Waals surface area contributed by atoms with Crippen molar-refractivity contribution in [2.45, 2.75) is 25.8 Å². The van der Waals surface area contributed by atoms with Crippen molar-refractivity contribution >= 4 is 17.1 Å². The number of rotatable bonds is 3. The van der Waals surface area contributed by atoms with Gasteiger partial charge in [0.15, 0.2) is 0 Å². The Labute approximate surface area is 166 Å². The lowest BCUT2D eigenvalue weighted by molar-refractivity contribution is 0.705. The minimum atomic E-state index is -0.115. The first-order chi connectivity index (χ1) is 13.5. The summed E-state index contributed by atoms with van der Waals surface area (Å²) in [7, 11) is 0. The van der Waals surface area contributed by atoms with Crippen LogP contribution in [0.4, 0.5) is 5.69 Å². The summed E-state index contributed by atoms with van der Waals surface area (Å²) in [4.78, 5) is 0. The molecule has 3 heteroatoms. The molecule has 1 aliphatic heterocycles. The van der Waals surface area contributed by atoms with E-state index in [9.17, 15) is 0 Å². The molecule has 3 aromatic carbocycles. The lowest BCUT2D eigenvalue weighted by Crippen LogP contribution is -2.33. The molecular weight excluding hydrogens is 342 g/mol. The Balaban J connectivity index is 1.92. The van der Waals surface area contributed by atoms with E-state index in [4.69, 9.17) is 11.1 Å². The van der Waals surface area contributed by atoms with Crippen LogP contribution in [0, 0.1) is 19.3 Å². The number of hydrogen-bond acceptors (Lipinski definition) is 3. The van der Waals surface area contributed by atoms with Crippen LogP contribution in [0.1, 0.15) is 45.3 Å². The van der Waals surface area contributed by atoms with Gasteiger partial charge in [0.2, 0.25) is 0 Å². The van der Waals surface area contributed by atoms with Crippen molar-refractivity contribution < 1.29 is 0 Å². The molecule has 3 nitrogen and oxygen atoms in total. The first-order valence-electron chi connectivity index (χ1n) is 9.52. The van der Waals surface area contributed by atoms with E-state index in [-0.39, 0.29) is 12.0 Å². The van der Waals surface area contributed by atoms with Gasteiger partial charge in [-0.15, -0.1) is 0 Å². The van der Waals surface area contributed by atoms with Gasteiger partial charge < -0.3 is 16.5 Å². The zero-order valence-electron chi connectivity index (χ0n) is 16.3. The summed E-state index contributed by atoms with van der Waals surface area (Å²) in [5.74, 6) is -0.115. The fraction of sp³-hybridized carbons (Fsp3) is 0.160. The fourth-order valence-electron chi connectivity index (χ4n) is 4.08. The minimum absolute atomic E-state index is 0.0244. The zero-order valence-corrected chi connectivity index (χ0v) is 16.3. The Morgan fingerprint density at radius 1 is 0.929 bits per heavy atom. The molecule has 4 rings (SSSR count). The van der Waals surface area contributed by atoms with Gasteiger partial charge in [-0.05, 0) is 31.0 Å². The van der Waals surface area contributed by atoms with Gasteiger partial charge in [-0.3, -0.25) is 0 Å². The highest BCUT2D eigenvalue weighted by Crippen LogP contribution is 2.44. The van der Waals surface area contributed by atoms with Crippen molar-refractivity contribution in [3.8, 4) is 0 Å². The number of aryl methyl sites for hydroxylation is 2. The average molecular weight is 367 g/mol. The van der Waals surface area contributed by atoms with Gasteiger partial charge in [0.1, 0.15) is 0 Å². The Kier molecular flexibility index (Phi) is 4.52. The molecule has 0 fully saturated rings. The number of anilines is 1. The molecule has 2 atom stereocenters.